The first-order valence-corrected chi connectivity index (χ1v) is 5.31. The zero-order valence-corrected chi connectivity index (χ0v) is 10.1. The van der Waals surface area contributed by atoms with Gasteiger partial charge in [0.05, 0.1) is 16.7 Å². The number of alkyl halides is 2. The van der Waals surface area contributed by atoms with Gasteiger partial charge in [-0.15, -0.1) is 0 Å². The Bertz CT molecular complexity index is 658. The van der Waals surface area contributed by atoms with Crippen LogP contribution in [0.1, 0.15) is 0 Å². The van der Waals surface area contributed by atoms with Crippen LogP contribution in [0, 0.1) is 15.9 Å². The van der Waals surface area contributed by atoms with Crippen LogP contribution in [0.3, 0.4) is 0 Å². The van der Waals surface area contributed by atoms with Crippen molar-refractivity contribution in [2.45, 2.75) is 6.61 Å². The van der Waals surface area contributed by atoms with E-state index >= 15 is 0 Å². The fourth-order valence-electron chi connectivity index (χ4n) is 1.61. The Labute approximate surface area is 110 Å². The molecule has 0 aliphatic carbocycles. The van der Waals surface area contributed by atoms with Crippen LogP contribution in [0.15, 0.2) is 24.3 Å². The van der Waals surface area contributed by atoms with Crippen LogP contribution in [-0.2, 0) is 7.05 Å². The van der Waals surface area contributed by atoms with E-state index in [-0.39, 0.29) is 17.1 Å². The summed E-state index contributed by atoms with van der Waals surface area (Å²) in [4.78, 5) is 9.76. The number of non-ortho nitro benzene ring substituents is 1. The molecule has 0 radical (unpaired) electrons. The molecule has 0 bridgehead atoms. The van der Waals surface area contributed by atoms with E-state index in [1.807, 2.05) is 0 Å². The number of halogens is 3. The molecule has 1 aromatic carbocycles. The highest BCUT2D eigenvalue weighted by Crippen LogP contribution is 2.28. The summed E-state index contributed by atoms with van der Waals surface area (Å²) in [7, 11) is 1.35. The largest absolute Gasteiger partial charge is 0.417 e. The van der Waals surface area contributed by atoms with E-state index in [1.165, 1.54) is 7.05 Å². The molecule has 0 atom stereocenters. The van der Waals surface area contributed by atoms with Crippen molar-refractivity contribution in [3.05, 3.63) is 40.2 Å². The van der Waals surface area contributed by atoms with Crippen LogP contribution >= 0.6 is 0 Å². The molecule has 20 heavy (non-hydrogen) atoms. The van der Waals surface area contributed by atoms with E-state index in [9.17, 15) is 23.3 Å². The topological polar surface area (TPSA) is 70.2 Å². The quantitative estimate of drug-likeness (QED) is 0.640. The third-order valence-electron chi connectivity index (χ3n) is 2.49. The highest BCUT2D eigenvalue weighted by Gasteiger charge is 2.17. The van der Waals surface area contributed by atoms with E-state index < -0.39 is 23.0 Å². The highest BCUT2D eigenvalue weighted by atomic mass is 19.3. The van der Waals surface area contributed by atoms with Gasteiger partial charge in [-0.1, -0.05) is 0 Å². The maximum absolute atomic E-state index is 13.8. The minimum absolute atomic E-state index is 0.0375. The van der Waals surface area contributed by atoms with Crippen molar-refractivity contribution in [3.8, 4) is 17.1 Å². The van der Waals surface area contributed by atoms with Gasteiger partial charge in [0.15, 0.2) is 0 Å². The number of hydrogen-bond donors (Lipinski definition) is 0. The smallest absolute Gasteiger partial charge is 0.388 e. The normalized spacial score (nSPS) is 10.8. The summed E-state index contributed by atoms with van der Waals surface area (Å²) in [5.74, 6) is -1.12. The number of nitro groups is 1. The first-order valence-electron chi connectivity index (χ1n) is 5.31. The van der Waals surface area contributed by atoms with Crippen molar-refractivity contribution in [2.24, 2.45) is 7.05 Å². The van der Waals surface area contributed by atoms with Gasteiger partial charge in [0.2, 0.25) is 5.88 Å². The van der Waals surface area contributed by atoms with Crippen molar-refractivity contribution in [3.63, 3.8) is 0 Å². The van der Waals surface area contributed by atoms with Gasteiger partial charge in [-0.25, -0.2) is 9.07 Å². The molecule has 0 unspecified atom stereocenters. The zero-order chi connectivity index (χ0) is 14.9. The van der Waals surface area contributed by atoms with E-state index in [0.29, 0.717) is 0 Å². The molecule has 0 saturated heterocycles. The summed E-state index contributed by atoms with van der Waals surface area (Å²) in [6.45, 7) is -3.03. The third-order valence-corrected chi connectivity index (χ3v) is 2.49. The number of ether oxygens (including phenoxy) is 1. The van der Waals surface area contributed by atoms with Crippen molar-refractivity contribution in [2.75, 3.05) is 0 Å². The van der Waals surface area contributed by atoms with Crippen molar-refractivity contribution >= 4 is 5.69 Å². The predicted octanol–water partition coefficient (Wildman–Crippen LogP) is 2.74. The molecular formula is C11H8F3N3O3. The van der Waals surface area contributed by atoms with Crippen LogP contribution in [0.5, 0.6) is 5.88 Å². The van der Waals surface area contributed by atoms with Gasteiger partial charge in [-0.3, -0.25) is 10.1 Å². The molecule has 0 N–H and O–H groups in total. The molecule has 0 aliphatic heterocycles. The van der Waals surface area contributed by atoms with Gasteiger partial charge < -0.3 is 4.74 Å². The van der Waals surface area contributed by atoms with Crippen molar-refractivity contribution < 1.29 is 22.8 Å². The third kappa shape index (κ3) is 2.71. The van der Waals surface area contributed by atoms with E-state index in [1.54, 1.807) is 0 Å². The number of rotatable bonds is 4. The minimum Gasteiger partial charge on any atom is -0.417 e. The highest BCUT2D eigenvalue weighted by molar-refractivity contribution is 5.62. The zero-order valence-electron chi connectivity index (χ0n) is 10.1. The maximum atomic E-state index is 13.8. The van der Waals surface area contributed by atoms with Crippen molar-refractivity contribution in [1.82, 2.24) is 9.78 Å². The van der Waals surface area contributed by atoms with Gasteiger partial charge in [-0.05, 0) is 6.07 Å². The fraction of sp³-hybridized carbons (Fsp3) is 0.182. The van der Waals surface area contributed by atoms with Crippen LogP contribution in [0.25, 0.3) is 11.3 Å². The lowest BCUT2D eigenvalue weighted by Gasteiger charge is -2.01. The van der Waals surface area contributed by atoms with Gasteiger partial charge >= 0.3 is 6.61 Å². The Balaban J connectivity index is 2.39. The number of nitro benzene ring substituents is 1. The lowest BCUT2D eigenvalue weighted by molar-refractivity contribution is -0.385. The van der Waals surface area contributed by atoms with E-state index in [2.05, 4.69) is 9.84 Å². The predicted molar refractivity (Wildman–Crippen MR) is 61.9 cm³/mol. The maximum Gasteiger partial charge on any atom is 0.388 e. The molecule has 1 aromatic heterocycles. The monoisotopic (exact) mass is 287 g/mol. The number of aromatic nitrogens is 2. The molecule has 1 heterocycles. The van der Waals surface area contributed by atoms with Gasteiger partial charge in [0.25, 0.3) is 5.69 Å². The molecule has 0 aliphatic rings. The molecule has 2 aromatic rings. The molecular weight excluding hydrogens is 279 g/mol. The fourth-order valence-corrected chi connectivity index (χ4v) is 1.61. The molecule has 0 fully saturated rings. The summed E-state index contributed by atoms with van der Waals surface area (Å²) in [5, 5.41) is 14.3. The Morgan fingerprint density at radius 3 is 2.65 bits per heavy atom. The Morgan fingerprint density at radius 2 is 2.10 bits per heavy atom. The summed E-state index contributed by atoms with van der Waals surface area (Å²) < 4.78 is 43.2. The Morgan fingerprint density at radius 1 is 1.40 bits per heavy atom. The summed E-state index contributed by atoms with van der Waals surface area (Å²) >= 11 is 0. The minimum atomic E-state index is -3.03. The number of benzene rings is 1. The molecule has 0 saturated carbocycles. The van der Waals surface area contributed by atoms with Crippen LogP contribution in [0.2, 0.25) is 0 Å². The molecule has 106 valence electrons. The average molecular weight is 287 g/mol. The Hall–Kier alpha value is -2.58. The summed E-state index contributed by atoms with van der Waals surface area (Å²) in [5.41, 5.74) is -0.419. The molecule has 0 amide bonds. The standard InChI is InChI=1S/C11H8F3N3O3/c1-16-10(20-11(13)14)5-9(15-16)7-3-2-6(17(18)19)4-8(7)12/h2-5,11H,1H3. The summed E-state index contributed by atoms with van der Waals surface area (Å²) in [6, 6.07) is 4.11. The number of aryl methyl sites for hydroxylation is 1. The van der Waals surface area contributed by atoms with Crippen LogP contribution in [-0.4, -0.2) is 21.3 Å². The molecule has 9 heteroatoms. The lowest BCUT2D eigenvalue weighted by atomic mass is 10.1. The van der Waals surface area contributed by atoms with Crippen LogP contribution in [0.4, 0.5) is 18.9 Å². The number of nitrogens with zero attached hydrogens (tertiary/aromatic N) is 3. The lowest BCUT2D eigenvalue weighted by Crippen LogP contribution is -2.05. The molecule has 6 nitrogen and oxygen atoms in total. The molecule has 0 spiro atoms. The van der Waals surface area contributed by atoms with Gasteiger partial charge in [0, 0.05) is 24.7 Å². The average Bonchev–Trinajstić information content (AvgIpc) is 2.69. The Kier molecular flexibility index (Phi) is 3.59. The van der Waals surface area contributed by atoms with Crippen molar-refractivity contribution in [1.29, 1.82) is 0 Å². The van der Waals surface area contributed by atoms with E-state index in [4.69, 9.17) is 0 Å². The van der Waals surface area contributed by atoms with Crippen LogP contribution < -0.4 is 4.74 Å². The van der Waals surface area contributed by atoms with Gasteiger partial charge in [0.1, 0.15) is 5.82 Å². The van der Waals surface area contributed by atoms with Gasteiger partial charge in [-0.2, -0.15) is 13.9 Å². The second-order valence-corrected chi connectivity index (χ2v) is 3.79. The van der Waals surface area contributed by atoms with E-state index in [0.717, 1.165) is 28.9 Å². The number of hydrogen-bond acceptors (Lipinski definition) is 4. The first-order chi connectivity index (χ1) is 9.38. The second-order valence-electron chi connectivity index (χ2n) is 3.79. The summed E-state index contributed by atoms with van der Waals surface area (Å²) in [6.07, 6.45) is 0. The first kappa shape index (κ1) is 13.8. The molecule has 2 rings (SSSR count). The SMILES string of the molecule is Cn1nc(-c2ccc([N+](=O)[O-])cc2F)cc1OC(F)F. The second kappa shape index (κ2) is 5.19.